The molecule has 5 nitrogen and oxygen atoms in total. The monoisotopic (exact) mass is 521 g/mol. The zero-order chi connectivity index (χ0) is 25.5. The fraction of sp³-hybridized carbons (Fsp3) is 0.172. The lowest BCUT2D eigenvalue weighted by atomic mass is 10.1. The van der Waals surface area contributed by atoms with E-state index >= 15 is 0 Å². The Morgan fingerprint density at radius 3 is 2.19 bits per heavy atom. The molecule has 4 aromatic carbocycles. The first-order valence-corrected chi connectivity index (χ1v) is 13.5. The second-order valence-electron chi connectivity index (χ2n) is 8.69. The average molecular weight is 522 g/mol. The number of hydrogen-bond acceptors (Lipinski definition) is 5. The maximum absolute atomic E-state index is 12.9. The molecule has 0 aliphatic heterocycles. The van der Waals surface area contributed by atoms with Crippen molar-refractivity contribution in [3.05, 3.63) is 125 Å². The molecular formula is C29H28ClNO4S. The van der Waals surface area contributed by atoms with Gasteiger partial charge in [-0.1, -0.05) is 72.3 Å². The van der Waals surface area contributed by atoms with Crippen LogP contribution in [0.3, 0.4) is 0 Å². The van der Waals surface area contributed by atoms with Gasteiger partial charge in [0.1, 0.15) is 5.75 Å². The van der Waals surface area contributed by atoms with Crippen molar-refractivity contribution in [3.63, 3.8) is 0 Å². The van der Waals surface area contributed by atoms with Gasteiger partial charge in [0.25, 0.3) is 0 Å². The lowest BCUT2D eigenvalue weighted by Crippen LogP contribution is -2.30. The first-order valence-electron chi connectivity index (χ1n) is 11.6. The van der Waals surface area contributed by atoms with Crippen molar-refractivity contribution in [3.8, 4) is 5.75 Å². The van der Waals surface area contributed by atoms with Gasteiger partial charge in [0.2, 0.25) is 9.84 Å². The Morgan fingerprint density at radius 1 is 0.778 bits per heavy atom. The number of halogens is 1. The number of phenolic OH excluding ortho intramolecular Hbond substituents is 1. The van der Waals surface area contributed by atoms with Crippen molar-refractivity contribution < 1.29 is 18.6 Å². The number of benzene rings is 4. The summed E-state index contributed by atoms with van der Waals surface area (Å²) in [4.78, 5) is 2.41. The Labute approximate surface area is 217 Å². The topological polar surface area (TPSA) is 77.8 Å². The molecule has 0 spiro atoms. The fourth-order valence-electron chi connectivity index (χ4n) is 4.05. The van der Waals surface area contributed by atoms with Gasteiger partial charge in [-0.2, -0.15) is 0 Å². The van der Waals surface area contributed by atoms with E-state index in [9.17, 15) is 18.6 Å². The molecule has 4 aromatic rings. The van der Waals surface area contributed by atoms with Gasteiger partial charge in [-0.15, -0.1) is 0 Å². The minimum Gasteiger partial charge on any atom is -0.508 e. The molecule has 0 amide bonds. The molecule has 36 heavy (non-hydrogen) atoms. The van der Waals surface area contributed by atoms with Crippen molar-refractivity contribution in [1.29, 1.82) is 0 Å². The van der Waals surface area contributed by atoms with Crippen LogP contribution in [0.1, 0.15) is 22.8 Å². The number of rotatable bonds is 10. The number of sulfone groups is 1. The van der Waals surface area contributed by atoms with E-state index in [0.717, 1.165) is 16.7 Å². The van der Waals surface area contributed by atoms with E-state index in [0.29, 0.717) is 31.1 Å². The summed E-state index contributed by atoms with van der Waals surface area (Å²) in [7, 11) is -3.71. The molecule has 0 saturated carbocycles. The molecule has 7 heteroatoms. The summed E-state index contributed by atoms with van der Waals surface area (Å²) < 4.78 is 25.8. The van der Waals surface area contributed by atoms with Crippen LogP contribution in [0.25, 0.3) is 0 Å². The largest absolute Gasteiger partial charge is 0.508 e. The predicted octanol–water partition coefficient (Wildman–Crippen LogP) is 5.66. The normalized spacial score (nSPS) is 12.5. The Balaban J connectivity index is 1.46. The highest BCUT2D eigenvalue weighted by atomic mass is 35.5. The van der Waals surface area contributed by atoms with Gasteiger partial charge in [-0.3, -0.25) is 4.90 Å². The first-order chi connectivity index (χ1) is 17.3. The molecule has 0 saturated heterocycles. The molecule has 0 aliphatic carbocycles. The van der Waals surface area contributed by atoms with Gasteiger partial charge in [0, 0.05) is 24.7 Å². The fourth-order valence-corrected chi connectivity index (χ4v) is 5.55. The highest BCUT2D eigenvalue weighted by Gasteiger charge is 2.19. The summed E-state index contributed by atoms with van der Waals surface area (Å²) in [5.74, 6) is -0.0915. The molecule has 1 atom stereocenters. The van der Waals surface area contributed by atoms with E-state index in [-0.39, 0.29) is 15.5 Å². The van der Waals surface area contributed by atoms with Crippen molar-refractivity contribution in [1.82, 2.24) is 4.90 Å². The smallest absolute Gasteiger partial charge is 0.206 e. The SMILES string of the molecule is O=S(=O)(c1ccc(CCN(Cc2ccccc2)C[C@@H](O)c2cccc(Cl)c2)cc1)c1cccc(O)c1. The number of hydrogen-bond donors (Lipinski definition) is 2. The van der Waals surface area contributed by atoms with Crippen LogP contribution in [0.15, 0.2) is 113 Å². The van der Waals surface area contributed by atoms with Crippen LogP contribution >= 0.6 is 11.6 Å². The Bertz CT molecular complexity index is 1390. The quantitative estimate of drug-likeness (QED) is 0.282. The van der Waals surface area contributed by atoms with Crippen LogP contribution < -0.4 is 0 Å². The molecule has 0 aromatic heterocycles. The first kappa shape index (κ1) is 25.9. The lowest BCUT2D eigenvalue weighted by Gasteiger charge is -2.25. The molecule has 0 unspecified atom stereocenters. The third-order valence-corrected chi connectivity index (χ3v) is 7.99. The number of aliphatic hydroxyl groups is 1. The molecule has 186 valence electrons. The van der Waals surface area contributed by atoms with Crippen LogP contribution in [0.2, 0.25) is 5.02 Å². The number of phenols is 1. The van der Waals surface area contributed by atoms with Crippen LogP contribution in [-0.2, 0) is 22.8 Å². The molecule has 4 rings (SSSR count). The summed E-state index contributed by atoms with van der Waals surface area (Å²) in [6.45, 7) is 1.77. The van der Waals surface area contributed by atoms with E-state index < -0.39 is 15.9 Å². The zero-order valence-electron chi connectivity index (χ0n) is 19.7. The summed E-state index contributed by atoms with van der Waals surface area (Å²) in [5, 5.41) is 21.1. The van der Waals surface area contributed by atoms with Gasteiger partial charge in [0.15, 0.2) is 0 Å². The Morgan fingerprint density at radius 2 is 1.50 bits per heavy atom. The van der Waals surface area contributed by atoms with Gasteiger partial charge >= 0.3 is 0 Å². The standard InChI is InChI=1S/C29H28ClNO4S/c30-25-9-4-8-24(18-25)29(33)21-31(20-23-6-2-1-3-7-23)17-16-22-12-14-27(15-13-22)36(34,35)28-11-5-10-26(32)19-28/h1-15,18-19,29,32-33H,16-17,20-21H2/t29-/m1/s1. The van der Waals surface area contributed by atoms with Crippen LogP contribution in [0.4, 0.5) is 0 Å². The van der Waals surface area contributed by atoms with Crippen molar-refractivity contribution in [2.75, 3.05) is 13.1 Å². The van der Waals surface area contributed by atoms with Gasteiger partial charge in [-0.25, -0.2) is 8.42 Å². The minimum atomic E-state index is -3.71. The van der Waals surface area contributed by atoms with E-state index in [1.165, 1.54) is 24.3 Å². The summed E-state index contributed by atoms with van der Waals surface area (Å²) in [5.41, 5.74) is 2.89. The number of aromatic hydroxyl groups is 1. The zero-order valence-corrected chi connectivity index (χ0v) is 21.2. The summed E-state index contributed by atoms with van der Waals surface area (Å²) >= 11 is 6.11. The molecule has 0 aliphatic rings. The third-order valence-electron chi connectivity index (χ3n) is 5.99. The molecule has 0 fully saturated rings. The third kappa shape index (κ3) is 6.74. The molecular weight excluding hydrogens is 494 g/mol. The van der Waals surface area contributed by atoms with Crippen molar-refractivity contribution in [2.24, 2.45) is 0 Å². The molecule has 0 bridgehead atoms. The highest BCUT2D eigenvalue weighted by Crippen LogP contribution is 2.24. The minimum absolute atomic E-state index is 0.0549. The van der Waals surface area contributed by atoms with Gasteiger partial charge in [-0.05, 0) is 65.6 Å². The second kappa shape index (κ2) is 11.7. The van der Waals surface area contributed by atoms with E-state index in [4.69, 9.17) is 11.6 Å². The second-order valence-corrected chi connectivity index (χ2v) is 11.1. The lowest BCUT2D eigenvalue weighted by molar-refractivity contribution is 0.109. The number of aliphatic hydroxyl groups excluding tert-OH is 1. The van der Waals surface area contributed by atoms with Crippen LogP contribution in [-0.4, -0.2) is 36.6 Å². The van der Waals surface area contributed by atoms with Crippen LogP contribution in [0, 0.1) is 0 Å². The molecule has 2 N–H and O–H groups in total. The van der Waals surface area contributed by atoms with E-state index in [2.05, 4.69) is 17.0 Å². The highest BCUT2D eigenvalue weighted by molar-refractivity contribution is 7.91. The van der Waals surface area contributed by atoms with Crippen LogP contribution in [0.5, 0.6) is 5.75 Å². The Hall–Kier alpha value is -3.16. The maximum atomic E-state index is 12.9. The summed E-state index contributed by atoms with van der Waals surface area (Å²) in [6, 6.07) is 29.8. The average Bonchev–Trinajstić information content (AvgIpc) is 2.88. The maximum Gasteiger partial charge on any atom is 0.206 e. The molecule has 0 heterocycles. The van der Waals surface area contributed by atoms with Crippen molar-refractivity contribution in [2.45, 2.75) is 28.9 Å². The molecule has 0 radical (unpaired) electrons. The van der Waals surface area contributed by atoms with E-state index in [1.54, 1.807) is 24.3 Å². The van der Waals surface area contributed by atoms with E-state index in [1.807, 2.05) is 42.5 Å². The number of nitrogens with zero attached hydrogens (tertiary/aromatic N) is 1. The van der Waals surface area contributed by atoms with Crippen molar-refractivity contribution >= 4 is 21.4 Å². The summed E-state index contributed by atoms with van der Waals surface area (Å²) in [6.07, 6.45) is -0.0103. The predicted molar refractivity (Wildman–Crippen MR) is 142 cm³/mol. The van der Waals surface area contributed by atoms with Gasteiger partial charge < -0.3 is 10.2 Å². The van der Waals surface area contributed by atoms with Gasteiger partial charge in [0.05, 0.1) is 15.9 Å². The Kier molecular flexibility index (Phi) is 8.44.